The summed E-state index contributed by atoms with van der Waals surface area (Å²) in [4.78, 5) is 0. The lowest BCUT2D eigenvalue weighted by Gasteiger charge is -2.26. The third-order valence-electron chi connectivity index (χ3n) is 3.83. The molecule has 1 saturated heterocycles. The summed E-state index contributed by atoms with van der Waals surface area (Å²) in [6, 6.07) is 4.13. The van der Waals surface area contributed by atoms with Crippen molar-refractivity contribution in [2.75, 3.05) is 19.9 Å². The Kier molecular flexibility index (Phi) is 3.87. The maximum Gasteiger partial charge on any atom is 0.189 e. The Morgan fingerprint density at radius 3 is 2.94 bits per heavy atom. The molecule has 1 N–H and O–H groups in total. The molecule has 2 aliphatic rings. The van der Waals surface area contributed by atoms with Crippen LogP contribution in [-0.2, 0) is 17.8 Å². The van der Waals surface area contributed by atoms with E-state index in [1.54, 1.807) is 0 Å². The maximum atomic E-state index is 5.55. The van der Waals surface area contributed by atoms with Crippen LogP contribution in [0.2, 0.25) is 0 Å². The quantitative estimate of drug-likeness (QED) is 0.911. The highest BCUT2D eigenvalue weighted by atomic mass is 79.9. The number of fused-ring (bicyclic) bond motifs is 1. The number of ether oxygens (including phenoxy) is 2. The fourth-order valence-electron chi connectivity index (χ4n) is 2.78. The summed E-state index contributed by atoms with van der Waals surface area (Å²) in [6.07, 6.45) is 3.65. The first-order chi connectivity index (χ1) is 8.84. The van der Waals surface area contributed by atoms with Crippen LogP contribution in [0.15, 0.2) is 16.6 Å². The van der Waals surface area contributed by atoms with Gasteiger partial charge in [0, 0.05) is 10.0 Å². The SMILES string of the molecule is Brc1ccc2c(c1CC1CCNCC1)COCO2. The summed E-state index contributed by atoms with van der Waals surface area (Å²) in [5.41, 5.74) is 2.60. The number of hydrogen-bond donors (Lipinski definition) is 1. The summed E-state index contributed by atoms with van der Waals surface area (Å²) in [7, 11) is 0. The van der Waals surface area contributed by atoms with Crippen LogP contribution in [0, 0.1) is 5.92 Å². The van der Waals surface area contributed by atoms with Crippen LogP contribution in [0.5, 0.6) is 5.75 Å². The molecular formula is C14H18BrNO2. The molecule has 4 heteroatoms. The molecule has 0 atom stereocenters. The Bertz CT molecular complexity index is 430. The minimum absolute atomic E-state index is 0.376. The molecule has 0 saturated carbocycles. The minimum atomic E-state index is 0.376. The molecule has 3 nitrogen and oxygen atoms in total. The zero-order valence-electron chi connectivity index (χ0n) is 10.4. The topological polar surface area (TPSA) is 30.5 Å². The van der Waals surface area contributed by atoms with E-state index in [4.69, 9.17) is 9.47 Å². The van der Waals surface area contributed by atoms with Crippen LogP contribution in [-0.4, -0.2) is 19.9 Å². The van der Waals surface area contributed by atoms with E-state index in [0.29, 0.717) is 13.4 Å². The van der Waals surface area contributed by atoms with Gasteiger partial charge in [-0.05, 0) is 56.0 Å². The first-order valence-corrected chi connectivity index (χ1v) is 7.35. The van der Waals surface area contributed by atoms with E-state index in [1.807, 2.05) is 6.07 Å². The molecule has 1 aromatic rings. The highest BCUT2D eigenvalue weighted by molar-refractivity contribution is 9.10. The van der Waals surface area contributed by atoms with Crippen LogP contribution in [0.1, 0.15) is 24.0 Å². The van der Waals surface area contributed by atoms with Crippen molar-refractivity contribution < 1.29 is 9.47 Å². The molecule has 0 amide bonds. The molecule has 1 aromatic carbocycles. The van der Waals surface area contributed by atoms with Crippen molar-refractivity contribution in [3.63, 3.8) is 0 Å². The van der Waals surface area contributed by atoms with Gasteiger partial charge < -0.3 is 14.8 Å². The fraction of sp³-hybridized carbons (Fsp3) is 0.571. The van der Waals surface area contributed by atoms with Crippen LogP contribution in [0.3, 0.4) is 0 Å². The van der Waals surface area contributed by atoms with Crippen LogP contribution < -0.4 is 10.1 Å². The van der Waals surface area contributed by atoms with Crippen molar-refractivity contribution in [3.8, 4) is 5.75 Å². The number of rotatable bonds is 2. The number of piperidine rings is 1. The third-order valence-corrected chi connectivity index (χ3v) is 4.57. The van der Waals surface area contributed by atoms with Gasteiger partial charge in [0.1, 0.15) is 5.75 Å². The number of hydrogen-bond acceptors (Lipinski definition) is 3. The van der Waals surface area contributed by atoms with E-state index >= 15 is 0 Å². The molecule has 18 heavy (non-hydrogen) atoms. The van der Waals surface area contributed by atoms with Gasteiger partial charge in [0.25, 0.3) is 0 Å². The van der Waals surface area contributed by atoms with Gasteiger partial charge in [-0.25, -0.2) is 0 Å². The summed E-state index contributed by atoms with van der Waals surface area (Å²) in [6.45, 7) is 3.34. The summed E-state index contributed by atoms with van der Waals surface area (Å²) >= 11 is 3.68. The number of benzene rings is 1. The van der Waals surface area contributed by atoms with Gasteiger partial charge in [-0.2, -0.15) is 0 Å². The predicted octanol–water partition coefficient (Wildman–Crippen LogP) is 2.86. The van der Waals surface area contributed by atoms with Gasteiger partial charge in [0.2, 0.25) is 0 Å². The zero-order valence-corrected chi connectivity index (χ0v) is 12.0. The second kappa shape index (κ2) is 5.59. The highest BCUT2D eigenvalue weighted by Gasteiger charge is 2.21. The predicted molar refractivity (Wildman–Crippen MR) is 73.7 cm³/mol. The average Bonchev–Trinajstić information content (AvgIpc) is 2.43. The monoisotopic (exact) mass is 311 g/mol. The van der Waals surface area contributed by atoms with Gasteiger partial charge in [0.05, 0.1) is 6.61 Å². The molecule has 98 valence electrons. The van der Waals surface area contributed by atoms with Gasteiger partial charge in [-0.15, -0.1) is 0 Å². The molecule has 0 aromatic heterocycles. The normalized spacial score (nSPS) is 20.3. The first kappa shape index (κ1) is 12.5. The van der Waals surface area contributed by atoms with Gasteiger partial charge in [-0.3, -0.25) is 0 Å². The molecule has 1 fully saturated rings. The van der Waals surface area contributed by atoms with Crippen molar-refractivity contribution in [1.29, 1.82) is 0 Å². The Labute approximate surface area is 116 Å². The van der Waals surface area contributed by atoms with Crippen molar-refractivity contribution in [2.45, 2.75) is 25.9 Å². The maximum absolute atomic E-state index is 5.55. The standard InChI is InChI=1S/C14H18BrNO2/c15-13-1-2-14-12(8-17-9-18-14)11(13)7-10-3-5-16-6-4-10/h1-2,10,16H,3-9H2. The van der Waals surface area contributed by atoms with Crippen LogP contribution >= 0.6 is 15.9 Å². The van der Waals surface area contributed by atoms with Crippen LogP contribution in [0.25, 0.3) is 0 Å². The van der Waals surface area contributed by atoms with Crippen molar-refractivity contribution >= 4 is 15.9 Å². The smallest absolute Gasteiger partial charge is 0.189 e. The Morgan fingerprint density at radius 1 is 1.28 bits per heavy atom. The highest BCUT2D eigenvalue weighted by Crippen LogP contribution is 2.34. The third kappa shape index (κ3) is 2.56. The lowest BCUT2D eigenvalue weighted by molar-refractivity contribution is -0.0169. The molecule has 0 radical (unpaired) electrons. The van der Waals surface area contributed by atoms with Crippen molar-refractivity contribution in [3.05, 3.63) is 27.7 Å². The summed E-state index contributed by atoms with van der Waals surface area (Å²) in [5, 5.41) is 3.42. The molecule has 2 aliphatic heterocycles. The Hall–Kier alpha value is -0.580. The second-order valence-electron chi connectivity index (χ2n) is 5.01. The molecule has 0 bridgehead atoms. The fourth-order valence-corrected chi connectivity index (χ4v) is 3.31. The lowest BCUT2D eigenvalue weighted by Crippen LogP contribution is -2.29. The Morgan fingerprint density at radius 2 is 2.11 bits per heavy atom. The van der Waals surface area contributed by atoms with E-state index in [0.717, 1.165) is 31.2 Å². The van der Waals surface area contributed by atoms with E-state index in [9.17, 15) is 0 Å². The molecule has 3 rings (SSSR count). The largest absolute Gasteiger partial charge is 0.467 e. The summed E-state index contributed by atoms with van der Waals surface area (Å²) < 4.78 is 12.2. The van der Waals surface area contributed by atoms with Crippen LogP contribution in [0.4, 0.5) is 0 Å². The zero-order chi connectivity index (χ0) is 12.4. The summed E-state index contributed by atoms with van der Waals surface area (Å²) in [5.74, 6) is 1.77. The average molecular weight is 312 g/mol. The van der Waals surface area contributed by atoms with Crippen molar-refractivity contribution in [1.82, 2.24) is 5.32 Å². The van der Waals surface area contributed by atoms with E-state index in [-0.39, 0.29) is 0 Å². The molecular weight excluding hydrogens is 294 g/mol. The lowest BCUT2D eigenvalue weighted by atomic mass is 9.89. The van der Waals surface area contributed by atoms with Gasteiger partial charge in [-0.1, -0.05) is 15.9 Å². The Balaban J connectivity index is 1.85. The van der Waals surface area contributed by atoms with Crippen molar-refractivity contribution in [2.24, 2.45) is 5.92 Å². The van der Waals surface area contributed by atoms with Gasteiger partial charge >= 0.3 is 0 Å². The van der Waals surface area contributed by atoms with E-state index in [2.05, 4.69) is 27.3 Å². The van der Waals surface area contributed by atoms with Gasteiger partial charge in [0.15, 0.2) is 6.79 Å². The molecule has 0 unspecified atom stereocenters. The van der Waals surface area contributed by atoms with E-state index < -0.39 is 0 Å². The molecule has 0 spiro atoms. The molecule has 0 aliphatic carbocycles. The molecule has 2 heterocycles. The first-order valence-electron chi connectivity index (χ1n) is 6.56. The second-order valence-corrected chi connectivity index (χ2v) is 5.87. The number of halogens is 1. The minimum Gasteiger partial charge on any atom is -0.467 e. The number of nitrogens with one attached hydrogen (secondary N) is 1. The van der Waals surface area contributed by atoms with E-state index in [1.165, 1.54) is 28.4 Å².